The van der Waals surface area contributed by atoms with Gasteiger partial charge in [-0.05, 0) is 64.0 Å². The van der Waals surface area contributed by atoms with Crippen LogP contribution in [0.1, 0.15) is 157 Å². The molecular formula is C48H72HfN6O. The number of hydrogen-bond acceptors (Lipinski definition) is 2. The van der Waals surface area contributed by atoms with Gasteiger partial charge < -0.3 is 30.3 Å². The van der Waals surface area contributed by atoms with Crippen LogP contribution in [0.4, 0.5) is 5.69 Å². The summed E-state index contributed by atoms with van der Waals surface area (Å²) in [5.74, 6) is 3.72. The van der Waals surface area contributed by atoms with Gasteiger partial charge in [0, 0.05) is 25.1 Å². The van der Waals surface area contributed by atoms with Crippen LogP contribution in [0.5, 0.6) is 0 Å². The van der Waals surface area contributed by atoms with E-state index in [0.29, 0.717) is 29.6 Å². The molecule has 2 aromatic heterocycles. The van der Waals surface area contributed by atoms with Crippen molar-refractivity contribution in [1.82, 2.24) is 9.55 Å². The SMILES string of the molecule is CCc1oc2ccccc2c1-c1cn(C)c(C([N-]c2c(C(C)C)cccc2C(C)C)c2c(C(C)C)cc(C(C)C)cc2C(C)C)n1.C[N-]C.C[N-]C.C[N-]C.[Hf+4]. The van der Waals surface area contributed by atoms with E-state index in [2.05, 4.69) is 158 Å². The molecule has 0 bridgehead atoms. The van der Waals surface area contributed by atoms with E-state index in [0.717, 1.165) is 45.9 Å². The van der Waals surface area contributed by atoms with Crippen LogP contribution in [0.25, 0.3) is 43.5 Å². The van der Waals surface area contributed by atoms with E-state index >= 15 is 0 Å². The zero-order valence-corrected chi connectivity index (χ0v) is 41.6. The summed E-state index contributed by atoms with van der Waals surface area (Å²) >= 11 is 0. The first-order valence-corrected chi connectivity index (χ1v) is 20.1. The van der Waals surface area contributed by atoms with Crippen LogP contribution in [0.15, 0.2) is 65.2 Å². The second-order valence-corrected chi connectivity index (χ2v) is 15.9. The quantitative estimate of drug-likeness (QED) is 0.124. The van der Waals surface area contributed by atoms with E-state index in [1.54, 1.807) is 42.3 Å². The van der Waals surface area contributed by atoms with Crippen molar-refractivity contribution >= 4 is 16.7 Å². The monoisotopic (exact) mass is 929 g/mol. The Balaban J connectivity index is 0.00000143. The molecule has 1 atom stereocenters. The van der Waals surface area contributed by atoms with Gasteiger partial charge >= 0.3 is 25.8 Å². The molecule has 0 N–H and O–H groups in total. The maximum Gasteiger partial charge on any atom is 4.00 e. The van der Waals surface area contributed by atoms with Crippen LogP contribution in [-0.2, 0) is 39.3 Å². The zero-order valence-electron chi connectivity index (χ0n) is 38.0. The summed E-state index contributed by atoms with van der Waals surface area (Å²) in [6.07, 6.45) is 2.98. The Morgan fingerprint density at radius 1 is 0.643 bits per heavy atom. The standard InChI is InChI=1S/C42H54N3O.3C2H6N.Hf/c1-13-36-39(32-17-14-15-20-37(32)46-36)35-23-45(12)42(43-35)41(44-40-30(25(4)5)18-16-19-31(40)26(6)7)38-33(27(8)9)21-29(24(2)3)22-34(38)28(10)11;3*1-3-2;/h14-28,41H,13H2,1-12H3;3*1-2H3;/q4*-1;+4. The van der Waals surface area contributed by atoms with E-state index in [-0.39, 0.29) is 31.9 Å². The molecule has 2 heterocycles. The molecule has 0 aliphatic heterocycles. The van der Waals surface area contributed by atoms with Gasteiger partial charge in [-0.15, -0.1) is 5.69 Å². The van der Waals surface area contributed by atoms with Crippen molar-refractivity contribution in [3.63, 3.8) is 0 Å². The van der Waals surface area contributed by atoms with Gasteiger partial charge in [0.15, 0.2) is 0 Å². The summed E-state index contributed by atoms with van der Waals surface area (Å²) in [4.78, 5) is 5.50. The largest absolute Gasteiger partial charge is 4.00 e. The number of aryl methyl sites for hydroxylation is 2. The summed E-state index contributed by atoms with van der Waals surface area (Å²) in [6, 6.07) is 19.6. The summed E-state index contributed by atoms with van der Waals surface area (Å²) in [5, 5.41) is 17.5. The second-order valence-electron chi connectivity index (χ2n) is 15.9. The first-order chi connectivity index (χ1) is 26.1. The van der Waals surface area contributed by atoms with E-state index in [1.807, 2.05) is 6.07 Å². The Morgan fingerprint density at radius 2 is 1.11 bits per heavy atom. The van der Waals surface area contributed by atoms with Crippen molar-refractivity contribution in [2.45, 2.75) is 118 Å². The molecule has 0 aliphatic carbocycles. The molecule has 0 aliphatic rings. The Morgan fingerprint density at radius 3 is 1.54 bits per heavy atom. The van der Waals surface area contributed by atoms with Crippen molar-refractivity contribution in [3.05, 3.63) is 127 Å². The van der Waals surface area contributed by atoms with Crippen molar-refractivity contribution in [3.8, 4) is 11.3 Å². The normalized spacial score (nSPS) is 11.6. The molecule has 0 saturated carbocycles. The van der Waals surface area contributed by atoms with E-state index in [1.165, 1.54) is 33.4 Å². The zero-order chi connectivity index (χ0) is 41.6. The Labute approximate surface area is 360 Å². The number of benzene rings is 3. The van der Waals surface area contributed by atoms with Crippen LogP contribution < -0.4 is 0 Å². The third-order valence-electron chi connectivity index (χ3n) is 9.45. The van der Waals surface area contributed by atoms with Crippen molar-refractivity contribution in [2.24, 2.45) is 7.05 Å². The van der Waals surface area contributed by atoms with Gasteiger partial charge in [0.25, 0.3) is 0 Å². The molecule has 0 spiro atoms. The molecule has 5 aromatic rings. The molecule has 7 nitrogen and oxygen atoms in total. The number of fused-ring (bicyclic) bond motifs is 1. The topological polar surface area (TPSA) is 87.4 Å². The van der Waals surface area contributed by atoms with E-state index in [4.69, 9.17) is 14.7 Å². The number of para-hydroxylation sites is 2. The second kappa shape index (κ2) is 24.7. The third-order valence-corrected chi connectivity index (χ3v) is 9.45. The average molecular weight is 928 g/mol. The van der Waals surface area contributed by atoms with Crippen LogP contribution in [0.2, 0.25) is 0 Å². The van der Waals surface area contributed by atoms with Crippen molar-refractivity contribution in [2.75, 3.05) is 42.3 Å². The molecule has 0 fully saturated rings. The van der Waals surface area contributed by atoms with Crippen molar-refractivity contribution in [1.29, 1.82) is 0 Å². The van der Waals surface area contributed by atoms with E-state index in [9.17, 15) is 0 Å². The maximum atomic E-state index is 6.34. The van der Waals surface area contributed by atoms with Crippen LogP contribution in [0.3, 0.4) is 0 Å². The minimum Gasteiger partial charge on any atom is -0.671 e. The fourth-order valence-corrected chi connectivity index (χ4v) is 6.85. The first-order valence-electron chi connectivity index (χ1n) is 20.1. The Hall–Kier alpha value is -3.04. The fraction of sp³-hybridized carbons (Fsp3) is 0.521. The molecule has 0 saturated heterocycles. The maximum absolute atomic E-state index is 6.34. The van der Waals surface area contributed by atoms with Gasteiger partial charge in [0.05, 0.1) is 17.1 Å². The molecule has 56 heavy (non-hydrogen) atoms. The Bertz CT molecular complexity index is 1820. The number of hydrogen-bond donors (Lipinski definition) is 0. The van der Waals surface area contributed by atoms with Gasteiger partial charge in [-0.3, -0.25) is 0 Å². The number of furan rings is 1. The first kappa shape index (κ1) is 51.0. The molecule has 1 unspecified atom stereocenters. The van der Waals surface area contributed by atoms with Gasteiger partial charge in [-0.2, -0.15) is 42.3 Å². The number of rotatable bonds is 11. The fourth-order valence-electron chi connectivity index (χ4n) is 6.85. The molecule has 8 heteroatoms. The van der Waals surface area contributed by atoms with Gasteiger partial charge in [-0.1, -0.05) is 136 Å². The minimum absolute atomic E-state index is 0. The van der Waals surface area contributed by atoms with Gasteiger partial charge in [0.1, 0.15) is 11.3 Å². The minimum atomic E-state index is -0.282. The summed E-state index contributed by atoms with van der Waals surface area (Å²) in [5.41, 5.74) is 12.0. The molecule has 304 valence electrons. The predicted molar refractivity (Wildman–Crippen MR) is 242 cm³/mol. The summed E-state index contributed by atoms with van der Waals surface area (Å²) < 4.78 is 8.55. The summed E-state index contributed by atoms with van der Waals surface area (Å²) in [6.45, 7) is 25.1. The number of nitrogens with zero attached hydrogens (tertiary/aromatic N) is 6. The number of imidazole rings is 1. The van der Waals surface area contributed by atoms with Crippen LogP contribution in [-0.4, -0.2) is 51.8 Å². The smallest absolute Gasteiger partial charge is 0.671 e. The van der Waals surface area contributed by atoms with Crippen LogP contribution in [0, 0.1) is 0 Å². The van der Waals surface area contributed by atoms with Gasteiger partial charge in [-0.25, -0.2) is 4.98 Å². The molecule has 0 amide bonds. The molecular weight excluding hydrogens is 855 g/mol. The van der Waals surface area contributed by atoms with E-state index < -0.39 is 0 Å². The predicted octanol–water partition coefficient (Wildman–Crippen LogP) is 14.7. The molecule has 3 aromatic carbocycles. The third kappa shape index (κ3) is 12.7. The van der Waals surface area contributed by atoms with Crippen molar-refractivity contribution < 1.29 is 30.3 Å². The Kier molecular flexibility index (Phi) is 22.5. The van der Waals surface area contributed by atoms with Gasteiger partial charge in [0.2, 0.25) is 0 Å². The summed E-state index contributed by atoms with van der Waals surface area (Å²) in [7, 11) is 12.6. The van der Waals surface area contributed by atoms with Crippen LogP contribution >= 0.6 is 0 Å². The molecule has 0 radical (unpaired) electrons. The molecule has 5 rings (SSSR count). The number of aromatic nitrogens is 2. The average Bonchev–Trinajstić information content (AvgIpc) is 3.70.